The third-order valence-electron chi connectivity index (χ3n) is 4.12. The summed E-state index contributed by atoms with van der Waals surface area (Å²) in [5.74, 6) is 0.935. The molecule has 5 heteroatoms. The molecule has 1 atom stereocenters. The molecule has 0 spiro atoms. The van der Waals surface area contributed by atoms with E-state index in [1.54, 1.807) is 11.3 Å². The Morgan fingerprint density at radius 3 is 3.00 bits per heavy atom. The van der Waals surface area contributed by atoms with Crippen molar-refractivity contribution in [3.8, 4) is 0 Å². The summed E-state index contributed by atoms with van der Waals surface area (Å²) in [6, 6.07) is 6.48. The van der Waals surface area contributed by atoms with Crippen molar-refractivity contribution in [2.75, 3.05) is 18.4 Å². The number of hydrogen-bond acceptors (Lipinski definition) is 4. The lowest BCUT2D eigenvalue weighted by molar-refractivity contribution is -0.119. The topological polar surface area (TPSA) is 54.0 Å². The van der Waals surface area contributed by atoms with E-state index in [1.165, 1.54) is 23.1 Å². The SMILES string of the molecule is O=C(Nc1nc2ccc(C3CC3)cc2s1)[C@H]1CCNC1. The van der Waals surface area contributed by atoms with Crippen LogP contribution in [0.1, 0.15) is 30.7 Å². The lowest BCUT2D eigenvalue weighted by atomic mass is 10.1. The van der Waals surface area contributed by atoms with Crippen LogP contribution < -0.4 is 10.6 Å². The van der Waals surface area contributed by atoms with Crippen LogP contribution in [-0.2, 0) is 4.79 Å². The van der Waals surface area contributed by atoms with Gasteiger partial charge in [-0.2, -0.15) is 0 Å². The molecule has 0 bridgehead atoms. The Labute approximate surface area is 121 Å². The highest BCUT2D eigenvalue weighted by Gasteiger charge is 2.25. The maximum Gasteiger partial charge on any atom is 0.230 e. The fourth-order valence-electron chi connectivity index (χ4n) is 2.75. The Kier molecular flexibility index (Phi) is 2.97. The number of amides is 1. The molecule has 1 aromatic carbocycles. The van der Waals surface area contributed by atoms with E-state index in [1.807, 2.05) is 0 Å². The van der Waals surface area contributed by atoms with E-state index < -0.39 is 0 Å². The molecule has 0 unspecified atom stereocenters. The predicted octanol–water partition coefficient (Wildman–Crippen LogP) is 2.72. The Bertz CT molecular complexity index is 656. The van der Waals surface area contributed by atoms with E-state index in [4.69, 9.17) is 0 Å². The molecule has 1 amide bonds. The van der Waals surface area contributed by atoms with Gasteiger partial charge in [0.1, 0.15) is 0 Å². The quantitative estimate of drug-likeness (QED) is 0.912. The van der Waals surface area contributed by atoms with Crippen molar-refractivity contribution in [2.24, 2.45) is 5.92 Å². The molecule has 4 nitrogen and oxygen atoms in total. The second-order valence-corrected chi connectivity index (χ2v) is 6.73. The van der Waals surface area contributed by atoms with Gasteiger partial charge in [0.2, 0.25) is 5.91 Å². The van der Waals surface area contributed by atoms with Crippen molar-refractivity contribution in [1.29, 1.82) is 0 Å². The molecule has 1 aromatic heterocycles. The number of anilines is 1. The minimum atomic E-state index is 0.0871. The van der Waals surface area contributed by atoms with E-state index >= 15 is 0 Å². The molecule has 4 rings (SSSR count). The number of benzene rings is 1. The molecule has 2 aromatic rings. The number of fused-ring (bicyclic) bond motifs is 1. The maximum atomic E-state index is 12.1. The van der Waals surface area contributed by atoms with Gasteiger partial charge in [-0.3, -0.25) is 4.79 Å². The molecule has 2 heterocycles. The molecular formula is C15H17N3OS. The number of thiazole rings is 1. The van der Waals surface area contributed by atoms with Crippen LogP contribution in [-0.4, -0.2) is 24.0 Å². The molecule has 1 saturated carbocycles. The zero-order chi connectivity index (χ0) is 13.5. The van der Waals surface area contributed by atoms with Crippen LogP contribution in [0.5, 0.6) is 0 Å². The molecule has 1 aliphatic carbocycles. The van der Waals surface area contributed by atoms with Crippen molar-refractivity contribution >= 4 is 32.6 Å². The van der Waals surface area contributed by atoms with E-state index in [9.17, 15) is 4.79 Å². The standard InChI is InChI=1S/C15H17N3OS/c19-14(11-5-6-16-8-11)18-15-17-12-4-3-10(9-1-2-9)7-13(12)20-15/h3-4,7,9,11,16H,1-2,5-6,8H2,(H,17,18,19)/t11-/m0/s1. The van der Waals surface area contributed by atoms with Crippen molar-refractivity contribution < 1.29 is 4.79 Å². The Hall–Kier alpha value is -1.46. The monoisotopic (exact) mass is 287 g/mol. The molecular weight excluding hydrogens is 270 g/mol. The van der Waals surface area contributed by atoms with Crippen LogP contribution in [0, 0.1) is 5.92 Å². The number of carbonyl (C=O) groups excluding carboxylic acids is 1. The van der Waals surface area contributed by atoms with Gasteiger partial charge < -0.3 is 10.6 Å². The minimum absolute atomic E-state index is 0.0871. The first-order valence-corrected chi connectivity index (χ1v) is 8.03. The Balaban J connectivity index is 1.55. The average molecular weight is 287 g/mol. The van der Waals surface area contributed by atoms with Crippen molar-refractivity contribution in [3.05, 3.63) is 23.8 Å². The largest absolute Gasteiger partial charge is 0.316 e. The molecule has 2 aliphatic rings. The number of hydrogen-bond donors (Lipinski definition) is 2. The zero-order valence-electron chi connectivity index (χ0n) is 11.2. The first-order chi connectivity index (χ1) is 9.79. The van der Waals surface area contributed by atoms with Gasteiger partial charge in [0.25, 0.3) is 0 Å². The van der Waals surface area contributed by atoms with Crippen LogP contribution >= 0.6 is 11.3 Å². The third-order valence-corrected chi connectivity index (χ3v) is 5.06. The van der Waals surface area contributed by atoms with Gasteiger partial charge in [0, 0.05) is 6.54 Å². The first kappa shape index (κ1) is 12.3. The number of aromatic nitrogens is 1. The summed E-state index contributed by atoms with van der Waals surface area (Å²) in [5, 5.41) is 6.91. The summed E-state index contributed by atoms with van der Waals surface area (Å²) in [6.45, 7) is 1.71. The number of nitrogens with one attached hydrogen (secondary N) is 2. The van der Waals surface area contributed by atoms with Gasteiger partial charge in [-0.05, 0) is 49.4 Å². The van der Waals surface area contributed by atoms with Gasteiger partial charge in [-0.1, -0.05) is 17.4 Å². The molecule has 1 aliphatic heterocycles. The summed E-state index contributed by atoms with van der Waals surface area (Å²) in [7, 11) is 0. The van der Waals surface area contributed by atoms with E-state index in [-0.39, 0.29) is 11.8 Å². The third kappa shape index (κ3) is 2.31. The highest BCUT2D eigenvalue weighted by atomic mass is 32.1. The van der Waals surface area contributed by atoms with Crippen molar-refractivity contribution in [2.45, 2.75) is 25.2 Å². The van der Waals surface area contributed by atoms with Crippen LogP contribution in [0.4, 0.5) is 5.13 Å². The van der Waals surface area contributed by atoms with Gasteiger partial charge in [-0.25, -0.2) is 4.98 Å². The number of rotatable bonds is 3. The molecule has 2 fully saturated rings. The fraction of sp³-hybridized carbons (Fsp3) is 0.467. The zero-order valence-corrected chi connectivity index (χ0v) is 12.0. The van der Waals surface area contributed by atoms with Crippen LogP contribution in [0.25, 0.3) is 10.2 Å². The van der Waals surface area contributed by atoms with Crippen LogP contribution in [0.3, 0.4) is 0 Å². The lowest BCUT2D eigenvalue weighted by Crippen LogP contribution is -2.24. The normalized spacial score (nSPS) is 22.3. The Morgan fingerprint density at radius 2 is 2.25 bits per heavy atom. The highest BCUT2D eigenvalue weighted by molar-refractivity contribution is 7.22. The Morgan fingerprint density at radius 1 is 1.35 bits per heavy atom. The van der Waals surface area contributed by atoms with Gasteiger partial charge in [0.15, 0.2) is 5.13 Å². The van der Waals surface area contributed by atoms with Gasteiger partial charge >= 0.3 is 0 Å². The molecule has 0 radical (unpaired) electrons. The van der Waals surface area contributed by atoms with Gasteiger partial charge in [0.05, 0.1) is 16.1 Å². The molecule has 1 saturated heterocycles. The molecule has 20 heavy (non-hydrogen) atoms. The van der Waals surface area contributed by atoms with E-state index in [0.29, 0.717) is 0 Å². The summed E-state index contributed by atoms with van der Waals surface area (Å²) < 4.78 is 1.18. The lowest BCUT2D eigenvalue weighted by Gasteiger charge is -2.06. The second-order valence-electron chi connectivity index (χ2n) is 5.70. The van der Waals surface area contributed by atoms with Crippen LogP contribution in [0.2, 0.25) is 0 Å². The number of nitrogens with zero attached hydrogens (tertiary/aromatic N) is 1. The fourth-order valence-corrected chi connectivity index (χ4v) is 3.67. The van der Waals surface area contributed by atoms with Crippen LogP contribution in [0.15, 0.2) is 18.2 Å². The summed E-state index contributed by atoms with van der Waals surface area (Å²) >= 11 is 1.58. The van der Waals surface area contributed by atoms with E-state index in [0.717, 1.165) is 36.1 Å². The van der Waals surface area contributed by atoms with Crippen molar-refractivity contribution in [3.63, 3.8) is 0 Å². The summed E-state index contributed by atoms with van der Waals surface area (Å²) in [4.78, 5) is 16.6. The molecule has 104 valence electrons. The smallest absolute Gasteiger partial charge is 0.230 e. The average Bonchev–Trinajstić information content (AvgIpc) is 3.01. The first-order valence-electron chi connectivity index (χ1n) is 7.22. The minimum Gasteiger partial charge on any atom is -0.316 e. The van der Waals surface area contributed by atoms with Crippen molar-refractivity contribution in [1.82, 2.24) is 10.3 Å². The predicted molar refractivity (Wildman–Crippen MR) is 81.2 cm³/mol. The van der Waals surface area contributed by atoms with E-state index in [2.05, 4.69) is 33.8 Å². The summed E-state index contributed by atoms with van der Waals surface area (Å²) in [5.41, 5.74) is 2.40. The number of carbonyl (C=O) groups is 1. The summed E-state index contributed by atoms with van der Waals surface area (Å²) in [6.07, 6.45) is 3.54. The van der Waals surface area contributed by atoms with Gasteiger partial charge in [-0.15, -0.1) is 0 Å². The second kappa shape index (κ2) is 4.82. The molecule has 2 N–H and O–H groups in total. The highest BCUT2D eigenvalue weighted by Crippen LogP contribution is 2.41. The maximum absolute atomic E-state index is 12.1.